The maximum absolute atomic E-state index is 12.5. The van der Waals surface area contributed by atoms with E-state index < -0.39 is 0 Å². The molecule has 3 rings (SSSR count). The van der Waals surface area contributed by atoms with Crippen LogP contribution in [-0.4, -0.2) is 47.3 Å². The lowest BCUT2D eigenvalue weighted by Crippen LogP contribution is -2.32. The molecule has 2 aliphatic heterocycles. The number of methoxy groups -OCH3 is 1. The van der Waals surface area contributed by atoms with E-state index in [2.05, 4.69) is 5.32 Å². The molecule has 4 amide bonds. The van der Waals surface area contributed by atoms with E-state index in [-0.39, 0.29) is 30.4 Å². The number of nitrogens with one attached hydrogen (secondary N) is 1. The van der Waals surface area contributed by atoms with Gasteiger partial charge in [-0.3, -0.25) is 14.5 Å². The second-order valence-corrected chi connectivity index (χ2v) is 5.99. The molecule has 24 heavy (non-hydrogen) atoms. The van der Waals surface area contributed by atoms with Crippen LogP contribution in [0, 0.1) is 0 Å². The minimum atomic E-state index is -0.313. The van der Waals surface area contributed by atoms with Crippen LogP contribution in [0.5, 0.6) is 5.75 Å². The molecule has 1 N–H and O–H groups in total. The summed E-state index contributed by atoms with van der Waals surface area (Å²) in [5.41, 5.74) is 1.31. The fourth-order valence-electron chi connectivity index (χ4n) is 3.23. The van der Waals surface area contributed by atoms with E-state index in [1.807, 2.05) is 0 Å². The Morgan fingerprint density at radius 3 is 2.83 bits per heavy atom. The van der Waals surface area contributed by atoms with Crippen molar-refractivity contribution in [2.45, 2.75) is 38.8 Å². The number of fused-ring (bicyclic) bond motifs is 1. The van der Waals surface area contributed by atoms with Gasteiger partial charge in [0.15, 0.2) is 0 Å². The standard InChI is InChI=1S/C17H21N3O4/c1-3-15(21)18-12-6-7-14(24-2)11(9-12)10-20-16(22)13-5-4-8-19(13)17(20)23/h6-7,9,13H,3-5,8,10H2,1-2H3,(H,18,21). The van der Waals surface area contributed by atoms with E-state index in [0.717, 1.165) is 12.8 Å². The van der Waals surface area contributed by atoms with Gasteiger partial charge in [-0.05, 0) is 31.0 Å². The van der Waals surface area contributed by atoms with Gasteiger partial charge in [0.2, 0.25) is 5.91 Å². The lowest BCUT2D eigenvalue weighted by molar-refractivity contribution is -0.128. The maximum atomic E-state index is 12.5. The van der Waals surface area contributed by atoms with Crippen LogP contribution in [0.2, 0.25) is 0 Å². The minimum Gasteiger partial charge on any atom is -0.496 e. The minimum absolute atomic E-state index is 0.0971. The molecule has 0 saturated carbocycles. The van der Waals surface area contributed by atoms with Gasteiger partial charge in [0.25, 0.3) is 5.91 Å². The monoisotopic (exact) mass is 331 g/mol. The van der Waals surface area contributed by atoms with Crippen LogP contribution in [0.25, 0.3) is 0 Å². The molecule has 1 unspecified atom stereocenters. The maximum Gasteiger partial charge on any atom is 0.327 e. The number of anilines is 1. The van der Waals surface area contributed by atoms with Crippen molar-refractivity contribution in [2.75, 3.05) is 19.0 Å². The molecule has 0 bridgehead atoms. The Morgan fingerprint density at radius 1 is 1.38 bits per heavy atom. The van der Waals surface area contributed by atoms with Crippen LogP contribution in [0.4, 0.5) is 10.5 Å². The van der Waals surface area contributed by atoms with Crippen LogP contribution >= 0.6 is 0 Å². The quantitative estimate of drug-likeness (QED) is 0.837. The number of imide groups is 1. The predicted octanol–water partition coefficient (Wildman–Crippen LogP) is 1.97. The summed E-state index contributed by atoms with van der Waals surface area (Å²) in [7, 11) is 1.54. The van der Waals surface area contributed by atoms with Crippen molar-refractivity contribution in [2.24, 2.45) is 0 Å². The number of carbonyl (C=O) groups excluding carboxylic acids is 3. The Morgan fingerprint density at radius 2 is 2.17 bits per heavy atom. The number of rotatable bonds is 5. The number of amides is 4. The topological polar surface area (TPSA) is 79.0 Å². The van der Waals surface area contributed by atoms with Gasteiger partial charge in [0.1, 0.15) is 11.8 Å². The van der Waals surface area contributed by atoms with Crippen LogP contribution < -0.4 is 10.1 Å². The Balaban J connectivity index is 1.83. The normalized spacial score (nSPS) is 19.7. The Hall–Kier alpha value is -2.57. The molecule has 2 fully saturated rings. The third-order valence-electron chi connectivity index (χ3n) is 4.49. The highest BCUT2D eigenvalue weighted by molar-refractivity contribution is 6.04. The van der Waals surface area contributed by atoms with Crippen LogP contribution in [0.1, 0.15) is 31.7 Å². The Labute approximate surface area is 140 Å². The van der Waals surface area contributed by atoms with Crippen molar-refractivity contribution < 1.29 is 19.1 Å². The van der Waals surface area contributed by atoms with Gasteiger partial charge in [-0.25, -0.2) is 4.79 Å². The van der Waals surface area contributed by atoms with Crippen LogP contribution in [0.3, 0.4) is 0 Å². The molecule has 0 aromatic heterocycles. The average molecular weight is 331 g/mol. The number of urea groups is 1. The second kappa shape index (κ2) is 6.51. The molecule has 1 atom stereocenters. The predicted molar refractivity (Wildman–Crippen MR) is 87.6 cm³/mol. The van der Waals surface area contributed by atoms with Crippen molar-refractivity contribution >= 4 is 23.5 Å². The Kier molecular flexibility index (Phi) is 4.42. The average Bonchev–Trinajstić information content (AvgIpc) is 3.15. The molecule has 0 radical (unpaired) electrons. The molecule has 0 spiro atoms. The van der Waals surface area contributed by atoms with Crippen molar-refractivity contribution in [3.63, 3.8) is 0 Å². The molecule has 7 heteroatoms. The first-order valence-electron chi connectivity index (χ1n) is 8.14. The van der Waals surface area contributed by atoms with Gasteiger partial charge in [-0.15, -0.1) is 0 Å². The summed E-state index contributed by atoms with van der Waals surface area (Å²) >= 11 is 0. The van der Waals surface area contributed by atoms with E-state index in [0.29, 0.717) is 30.0 Å². The smallest absolute Gasteiger partial charge is 0.327 e. The molecule has 1 aromatic rings. The molecule has 2 aliphatic rings. The van der Waals surface area contributed by atoms with E-state index in [4.69, 9.17) is 4.74 Å². The number of nitrogens with zero attached hydrogens (tertiary/aromatic N) is 2. The highest BCUT2D eigenvalue weighted by atomic mass is 16.5. The fourth-order valence-corrected chi connectivity index (χ4v) is 3.23. The number of ether oxygens (including phenoxy) is 1. The first kappa shape index (κ1) is 16.3. The number of hydrogen-bond donors (Lipinski definition) is 1. The van der Waals surface area contributed by atoms with E-state index in [1.165, 1.54) is 12.0 Å². The lowest BCUT2D eigenvalue weighted by Gasteiger charge is -2.18. The lowest BCUT2D eigenvalue weighted by atomic mass is 10.1. The Bertz CT molecular complexity index is 666. The molecule has 2 saturated heterocycles. The highest BCUT2D eigenvalue weighted by Gasteiger charge is 2.47. The van der Waals surface area contributed by atoms with Crippen LogP contribution in [0.15, 0.2) is 18.2 Å². The highest BCUT2D eigenvalue weighted by Crippen LogP contribution is 2.31. The van der Waals surface area contributed by atoms with E-state index in [1.54, 1.807) is 30.0 Å². The van der Waals surface area contributed by atoms with E-state index >= 15 is 0 Å². The third-order valence-corrected chi connectivity index (χ3v) is 4.49. The van der Waals surface area contributed by atoms with Crippen LogP contribution in [-0.2, 0) is 16.1 Å². The molecule has 1 aromatic carbocycles. The molecular formula is C17H21N3O4. The summed E-state index contributed by atoms with van der Waals surface area (Å²) in [6, 6.07) is 4.66. The van der Waals surface area contributed by atoms with E-state index in [9.17, 15) is 14.4 Å². The summed E-state index contributed by atoms with van der Waals surface area (Å²) in [5.74, 6) is 0.333. The van der Waals surface area contributed by atoms with Crippen molar-refractivity contribution in [3.05, 3.63) is 23.8 Å². The largest absolute Gasteiger partial charge is 0.496 e. The summed E-state index contributed by atoms with van der Waals surface area (Å²) in [6.07, 6.45) is 1.98. The van der Waals surface area contributed by atoms with Crippen molar-refractivity contribution in [1.29, 1.82) is 0 Å². The fraction of sp³-hybridized carbons (Fsp3) is 0.471. The molecular weight excluding hydrogens is 310 g/mol. The van der Waals surface area contributed by atoms with Gasteiger partial charge in [0, 0.05) is 24.2 Å². The second-order valence-electron chi connectivity index (χ2n) is 5.99. The summed E-state index contributed by atoms with van der Waals surface area (Å²) in [6.45, 7) is 2.55. The third kappa shape index (κ3) is 2.81. The van der Waals surface area contributed by atoms with Gasteiger partial charge in [-0.1, -0.05) is 6.92 Å². The van der Waals surface area contributed by atoms with Gasteiger partial charge < -0.3 is 15.0 Å². The number of carbonyl (C=O) groups is 3. The van der Waals surface area contributed by atoms with Crippen molar-refractivity contribution in [1.82, 2.24) is 9.80 Å². The van der Waals surface area contributed by atoms with Gasteiger partial charge >= 0.3 is 6.03 Å². The number of hydrogen-bond acceptors (Lipinski definition) is 4. The first-order valence-corrected chi connectivity index (χ1v) is 8.14. The molecule has 2 heterocycles. The van der Waals surface area contributed by atoms with Gasteiger partial charge in [0.05, 0.1) is 13.7 Å². The summed E-state index contributed by atoms with van der Waals surface area (Å²) in [4.78, 5) is 39.4. The molecule has 0 aliphatic carbocycles. The first-order chi connectivity index (χ1) is 11.5. The zero-order valence-electron chi connectivity index (χ0n) is 13.9. The molecule has 128 valence electrons. The number of benzene rings is 1. The SMILES string of the molecule is CCC(=O)Nc1ccc(OC)c(CN2C(=O)C3CCCN3C2=O)c1. The summed E-state index contributed by atoms with van der Waals surface area (Å²) < 4.78 is 5.33. The zero-order valence-corrected chi connectivity index (χ0v) is 13.9. The van der Waals surface area contributed by atoms with Gasteiger partial charge in [-0.2, -0.15) is 0 Å². The van der Waals surface area contributed by atoms with Crippen molar-refractivity contribution in [3.8, 4) is 5.75 Å². The zero-order chi connectivity index (χ0) is 17.3. The summed E-state index contributed by atoms with van der Waals surface area (Å²) in [5, 5.41) is 2.78. The molecule has 7 nitrogen and oxygen atoms in total.